The highest BCUT2D eigenvalue weighted by Gasteiger charge is 2.16. The second-order valence-corrected chi connectivity index (χ2v) is 5.87. The largest absolute Gasteiger partial charge is 0.389 e. The van der Waals surface area contributed by atoms with Crippen molar-refractivity contribution in [3.63, 3.8) is 0 Å². The highest BCUT2D eigenvalue weighted by atomic mass is 32.1. The highest BCUT2D eigenvalue weighted by Crippen LogP contribution is 2.19. The first-order valence-corrected chi connectivity index (χ1v) is 6.82. The molecule has 1 rings (SSSR count). The number of hydrogen-bond donors (Lipinski definition) is 1. The number of pyridine rings is 1. The van der Waals surface area contributed by atoms with Crippen molar-refractivity contribution in [2.75, 3.05) is 18.0 Å². The number of hydrogen-bond acceptors (Lipinski definition) is 3. The minimum atomic E-state index is 0.413. The Morgan fingerprint density at radius 3 is 2.28 bits per heavy atom. The molecule has 0 spiro atoms. The Labute approximate surface area is 115 Å². The molecule has 18 heavy (non-hydrogen) atoms. The Bertz CT molecular complexity index is 392. The maximum atomic E-state index is 5.78. The lowest BCUT2D eigenvalue weighted by Crippen LogP contribution is -2.33. The predicted octanol–water partition coefficient (Wildman–Crippen LogP) is 2.83. The Kier molecular flexibility index (Phi) is 5.54. The molecule has 0 aliphatic heterocycles. The number of nitrogens with zero attached hydrogens (tertiary/aromatic N) is 2. The monoisotopic (exact) mass is 265 g/mol. The Hall–Kier alpha value is -1.16. The average Bonchev–Trinajstić information content (AvgIpc) is 2.26. The lowest BCUT2D eigenvalue weighted by molar-refractivity contribution is 0.548. The molecule has 0 aliphatic rings. The second-order valence-electron chi connectivity index (χ2n) is 5.43. The van der Waals surface area contributed by atoms with Crippen molar-refractivity contribution >= 4 is 23.0 Å². The van der Waals surface area contributed by atoms with Gasteiger partial charge in [-0.3, -0.25) is 0 Å². The van der Waals surface area contributed by atoms with Gasteiger partial charge in [-0.15, -0.1) is 0 Å². The number of nitrogens with two attached hydrogens (primary N) is 1. The van der Waals surface area contributed by atoms with Crippen molar-refractivity contribution in [2.24, 2.45) is 17.6 Å². The zero-order valence-electron chi connectivity index (χ0n) is 11.7. The smallest absolute Gasteiger partial charge is 0.138 e. The summed E-state index contributed by atoms with van der Waals surface area (Å²) in [7, 11) is 0. The van der Waals surface area contributed by atoms with E-state index in [1.807, 2.05) is 12.1 Å². The third-order valence-electron chi connectivity index (χ3n) is 2.52. The topological polar surface area (TPSA) is 42.2 Å². The third-order valence-corrected chi connectivity index (χ3v) is 2.74. The number of thiocarbonyl (C=S) groups is 1. The first-order valence-electron chi connectivity index (χ1n) is 6.41. The van der Waals surface area contributed by atoms with Crippen molar-refractivity contribution < 1.29 is 0 Å². The van der Waals surface area contributed by atoms with Gasteiger partial charge in [0.2, 0.25) is 0 Å². The lowest BCUT2D eigenvalue weighted by atomic mass is 10.1. The molecule has 0 atom stereocenters. The molecule has 0 fully saturated rings. The molecule has 1 aromatic rings. The molecule has 1 aromatic heterocycles. The number of rotatable bonds is 6. The van der Waals surface area contributed by atoms with E-state index in [1.54, 1.807) is 6.20 Å². The van der Waals surface area contributed by atoms with Gasteiger partial charge in [-0.2, -0.15) is 0 Å². The Morgan fingerprint density at radius 2 is 1.83 bits per heavy atom. The second kappa shape index (κ2) is 6.69. The van der Waals surface area contributed by atoms with E-state index >= 15 is 0 Å². The van der Waals surface area contributed by atoms with Crippen LogP contribution in [0.4, 0.5) is 5.82 Å². The van der Waals surface area contributed by atoms with Crippen LogP contribution >= 0.6 is 12.2 Å². The van der Waals surface area contributed by atoms with E-state index in [0.29, 0.717) is 16.8 Å². The summed E-state index contributed by atoms with van der Waals surface area (Å²) in [6, 6.07) is 3.82. The molecular formula is C14H23N3S. The average molecular weight is 265 g/mol. The maximum absolute atomic E-state index is 5.78. The fraction of sp³-hybridized carbons (Fsp3) is 0.571. The number of aromatic nitrogens is 1. The molecule has 0 aliphatic carbocycles. The van der Waals surface area contributed by atoms with Crippen LogP contribution in [0, 0.1) is 11.8 Å². The first-order chi connectivity index (χ1) is 8.41. The summed E-state index contributed by atoms with van der Waals surface area (Å²) in [5.74, 6) is 2.06. The lowest BCUT2D eigenvalue weighted by Gasteiger charge is -2.28. The van der Waals surface area contributed by atoms with E-state index in [2.05, 4.69) is 37.6 Å². The number of anilines is 1. The van der Waals surface area contributed by atoms with Crippen molar-refractivity contribution in [3.05, 3.63) is 23.9 Å². The quantitative estimate of drug-likeness (QED) is 0.803. The molecule has 0 unspecified atom stereocenters. The standard InChI is InChI=1S/C14H23N3S/c1-10(2)8-17(9-11(3)4)14-12(13(15)18)6-5-7-16-14/h5-7,10-11H,8-9H2,1-4H3,(H2,15,18). The third kappa shape index (κ3) is 4.26. The van der Waals surface area contributed by atoms with Crippen LogP contribution in [0.15, 0.2) is 18.3 Å². The van der Waals surface area contributed by atoms with Gasteiger partial charge in [0.25, 0.3) is 0 Å². The van der Waals surface area contributed by atoms with Crippen molar-refractivity contribution in [1.29, 1.82) is 0 Å². The van der Waals surface area contributed by atoms with Crippen molar-refractivity contribution in [3.8, 4) is 0 Å². The summed E-state index contributed by atoms with van der Waals surface area (Å²) in [4.78, 5) is 7.16. The zero-order valence-corrected chi connectivity index (χ0v) is 12.5. The zero-order chi connectivity index (χ0) is 13.7. The van der Waals surface area contributed by atoms with Gasteiger partial charge in [0.1, 0.15) is 10.8 Å². The van der Waals surface area contributed by atoms with Gasteiger partial charge in [-0.05, 0) is 24.0 Å². The fourth-order valence-electron chi connectivity index (χ4n) is 1.97. The highest BCUT2D eigenvalue weighted by molar-refractivity contribution is 7.80. The summed E-state index contributed by atoms with van der Waals surface area (Å²) in [5, 5.41) is 0. The molecule has 0 saturated carbocycles. The van der Waals surface area contributed by atoms with Crippen LogP contribution in [0.5, 0.6) is 0 Å². The normalized spacial score (nSPS) is 11.0. The van der Waals surface area contributed by atoms with E-state index in [0.717, 1.165) is 24.5 Å². The van der Waals surface area contributed by atoms with Gasteiger partial charge >= 0.3 is 0 Å². The summed E-state index contributed by atoms with van der Waals surface area (Å²) in [5.41, 5.74) is 6.65. The minimum absolute atomic E-state index is 0.413. The fourth-order valence-corrected chi connectivity index (χ4v) is 2.13. The molecule has 0 saturated heterocycles. The molecule has 0 bridgehead atoms. The van der Waals surface area contributed by atoms with Crippen LogP contribution in [-0.4, -0.2) is 23.1 Å². The van der Waals surface area contributed by atoms with Crippen LogP contribution in [0.3, 0.4) is 0 Å². The summed E-state index contributed by atoms with van der Waals surface area (Å²) < 4.78 is 0. The molecule has 4 heteroatoms. The molecule has 3 nitrogen and oxygen atoms in total. The van der Waals surface area contributed by atoms with E-state index in [1.165, 1.54) is 0 Å². The van der Waals surface area contributed by atoms with E-state index < -0.39 is 0 Å². The van der Waals surface area contributed by atoms with Gasteiger partial charge in [0, 0.05) is 19.3 Å². The Morgan fingerprint density at radius 1 is 1.28 bits per heavy atom. The molecular weight excluding hydrogens is 242 g/mol. The summed E-state index contributed by atoms with van der Waals surface area (Å²) in [6.07, 6.45) is 1.80. The molecule has 0 aromatic carbocycles. The van der Waals surface area contributed by atoms with E-state index in [-0.39, 0.29) is 0 Å². The summed E-state index contributed by atoms with van der Waals surface area (Å²) in [6.45, 7) is 10.7. The molecule has 0 amide bonds. The Balaban J connectivity index is 3.07. The van der Waals surface area contributed by atoms with Gasteiger partial charge in [0.05, 0.1) is 5.56 Å². The van der Waals surface area contributed by atoms with Crippen LogP contribution in [-0.2, 0) is 0 Å². The van der Waals surface area contributed by atoms with E-state index in [4.69, 9.17) is 18.0 Å². The van der Waals surface area contributed by atoms with Gasteiger partial charge in [-0.25, -0.2) is 4.98 Å². The van der Waals surface area contributed by atoms with E-state index in [9.17, 15) is 0 Å². The van der Waals surface area contributed by atoms with Gasteiger partial charge < -0.3 is 10.6 Å². The van der Waals surface area contributed by atoms with Crippen LogP contribution < -0.4 is 10.6 Å². The SMILES string of the molecule is CC(C)CN(CC(C)C)c1ncccc1C(N)=S. The molecule has 0 radical (unpaired) electrons. The molecule has 100 valence electrons. The minimum Gasteiger partial charge on any atom is -0.389 e. The van der Waals surface area contributed by atoms with Crippen LogP contribution in [0.2, 0.25) is 0 Å². The molecule has 2 N–H and O–H groups in total. The summed E-state index contributed by atoms with van der Waals surface area (Å²) >= 11 is 5.11. The first kappa shape index (κ1) is 14.9. The van der Waals surface area contributed by atoms with Crippen molar-refractivity contribution in [2.45, 2.75) is 27.7 Å². The van der Waals surface area contributed by atoms with Crippen molar-refractivity contribution in [1.82, 2.24) is 4.98 Å². The van der Waals surface area contributed by atoms with Crippen LogP contribution in [0.25, 0.3) is 0 Å². The predicted molar refractivity (Wildman–Crippen MR) is 82.0 cm³/mol. The van der Waals surface area contributed by atoms with Crippen LogP contribution in [0.1, 0.15) is 33.3 Å². The maximum Gasteiger partial charge on any atom is 0.138 e. The van der Waals surface area contributed by atoms with Gasteiger partial charge in [0.15, 0.2) is 0 Å². The van der Waals surface area contributed by atoms with Gasteiger partial charge in [-0.1, -0.05) is 39.9 Å². The molecule has 1 heterocycles.